The maximum absolute atomic E-state index is 12.5. The highest BCUT2D eigenvalue weighted by molar-refractivity contribution is 5.83. The smallest absolute Gasteiger partial charge is 0.398 e. The van der Waals surface area contributed by atoms with Gasteiger partial charge in [0.05, 0.1) is 5.56 Å². The van der Waals surface area contributed by atoms with Crippen LogP contribution in [-0.4, -0.2) is 4.98 Å². The van der Waals surface area contributed by atoms with Crippen molar-refractivity contribution >= 4 is 16.6 Å². The highest BCUT2D eigenvalue weighted by atomic mass is 19.4. The molecule has 1 heterocycles. The molecule has 0 saturated carbocycles. The molecule has 1 aromatic heterocycles. The number of halogens is 3. The molecule has 0 fully saturated rings. The number of rotatable bonds is 0. The van der Waals surface area contributed by atoms with Gasteiger partial charge < -0.3 is 10.7 Å². The topological polar surface area (TPSA) is 58.9 Å². The van der Waals surface area contributed by atoms with E-state index in [0.29, 0.717) is 5.39 Å². The third-order valence-electron chi connectivity index (χ3n) is 2.20. The molecule has 1 aromatic carbocycles. The van der Waals surface area contributed by atoms with Crippen molar-refractivity contribution in [2.75, 3.05) is 5.73 Å². The minimum atomic E-state index is -4.52. The summed E-state index contributed by atoms with van der Waals surface area (Å²) >= 11 is 0. The monoisotopic (exact) mass is 228 g/mol. The summed E-state index contributed by atoms with van der Waals surface area (Å²) < 4.78 is 37.5. The zero-order valence-corrected chi connectivity index (χ0v) is 7.93. The molecule has 0 aliphatic carbocycles. The van der Waals surface area contributed by atoms with E-state index in [1.54, 1.807) is 0 Å². The van der Waals surface area contributed by atoms with Crippen molar-refractivity contribution in [1.29, 1.82) is 0 Å². The zero-order chi connectivity index (χ0) is 11.9. The van der Waals surface area contributed by atoms with E-state index in [9.17, 15) is 18.0 Å². The number of fused-ring (bicyclic) bond motifs is 1. The molecular weight excluding hydrogens is 221 g/mol. The van der Waals surface area contributed by atoms with Crippen LogP contribution in [-0.2, 0) is 6.18 Å². The minimum Gasteiger partial charge on any atom is -0.398 e. The van der Waals surface area contributed by atoms with Gasteiger partial charge in [-0.25, -0.2) is 0 Å². The van der Waals surface area contributed by atoms with E-state index in [0.717, 1.165) is 6.07 Å². The molecule has 16 heavy (non-hydrogen) atoms. The van der Waals surface area contributed by atoms with Gasteiger partial charge in [0, 0.05) is 22.7 Å². The fourth-order valence-corrected chi connectivity index (χ4v) is 1.47. The average Bonchev–Trinajstić information content (AvgIpc) is 2.16. The van der Waals surface area contributed by atoms with Gasteiger partial charge in [-0.05, 0) is 18.2 Å². The molecule has 0 spiro atoms. The van der Waals surface area contributed by atoms with Crippen molar-refractivity contribution in [2.24, 2.45) is 0 Å². The van der Waals surface area contributed by atoms with E-state index < -0.39 is 17.3 Å². The fourth-order valence-electron chi connectivity index (χ4n) is 1.47. The van der Waals surface area contributed by atoms with E-state index in [1.165, 1.54) is 18.2 Å². The van der Waals surface area contributed by atoms with Gasteiger partial charge in [-0.15, -0.1) is 0 Å². The molecule has 84 valence electrons. The molecule has 0 aliphatic heterocycles. The number of aromatic nitrogens is 1. The van der Waals surface area contributed by atoms with Gasteiger partial charge in [0.2, 0.25) is 5.56 Å². The number of nitrogens with two attached hydrogens (primary N) is 1. The predicted octanol–water partition coefficient (Wildman–Crippen LogP) is 2.13. The number of nitrogen functional groups attached to an aromatic ring is 1. The number of hydrogen-bond acceptors (Lipinski definition) is 2. The number of benzene rings is 1. The lowest BCUT2D eigenvalue weighted by Crippen LogP contribution is -2.10. The minimum absolute atomic E-state index is 0.119. The number of alkyl halides is 3. The lowest BCUT2D eigenvalue weighted by molar-refractivity contribution is -0.136. The average molecular weight is 228 g/mol. The first-order chi connectivity index (χ1) is 7.38. The molecule has 0 radical (unpaired) electrons. The lowest BCUT2D eigenvalue weighted by Gasteiger charge is -2.10. The number of pyridine rings is 1. The molecule has 0 saturated heterocycles. The van der Waals surface area contributed by atoms with E-state index in [4.69, 9.17) is 5.73 Å². The third kappa shape index (κ3) is 1.73. The van der Waals surface area contributed by atoms with Crippen LogP contribution in [0.15, 0.2) is 29.1 Å². The lowest BCUT2D eigenvalue weighted by atomic mass is 10.1. The van der Waals surface area contributed by atoms with E-state index in [2.05, 4.69) is 4.98 Å². The van der Waals surface area contributed by atoms with Crippen molar-refractivity contribution in [2.45, 2.75) is 6.18 Å². The first kappa shape index (κ1) is 10.5. The second kappa shape index (κ2) is 3.26. The molecule has 2 aromatic rings. The number of nitrogens with one attached hydrogen (secondary N) is 1. The standard InChI is InChI=1S/C10H7F3N2O/c11-10(12,13)6-4-8-5(3-7(6)14)1-2-9(16)15-8/h1-4H,14H2,(H,15,16). The SMILES string of the molecule is Nc1cc2ccc(=O)[nH]c2cc1C(F)(F)F. The molecule has 2 rings (SSSR count). The van der Waals surface area contributed by atoms with Crippen molar-refractivity contribution in [1.82, 2.24) is 4.98 Å². The molecule has 6 heteroatoms. The third-order valence-corrected chi connectivity index (χ3v) is 2.20. The second-order valence-electron chi connectivity index (χ2n) is 3.35. The van der Waals surface area contributed by atoms with Gasteiger partial charge in [0.1, 0.15) is 0 Å². The highest BCUT2D eigenvalue weighted by Gasteiger charge is 2.33. The summed E-state index contributed by atoms with van der Waals surface area (Å²) in [6, 6.07) is 4.68. The van der Waals surface area contributed by atoms with Gasteiger partial charge in [0.25, 0.3) is 0 Å². The molecule has 0 bridgehead atoms. The molecule has 3 nitrogen and oxygen atoms in total. The highest BCUT2D eigenvalue weighted by Crippen LogP contribution is 2.35. The summed E-state index contributed by atoms with van der Waals surface area (Å²) in [5.74, 6) is 0. The molecule has 3 N–H and O–H groups in total. The molecule has 0 aliphatic rings. The number of hydrogen-bond donors (Lipinski definition) is 2. The molecule has 0 unspecified atom stereocenters. The van der Waals surface area contributed by atoms with Crippen LogP contribution < -0.4 is 11.3 Å². The maximum Gasteiger partial charge on any atom is 0.418 e. The van der Waals surface area contributed by atoms with Crippen molar-refractivity contribution in [3.63, 3.8) is 0 Å². The quantitative estimate of drug-likeness (QED) is 0.678. The van der Waals surface area contributed by atoms with Gasteiger partial charge in [0.15, 0.2) is 0 Å². The van der Waals surface area contributed by atoms with Crippen LogP contribution >= 0.6 is 0 Å². The first-order valence-electron chi connectivity index (χ1n) is 4.38. The van der Waals surface area contributed by atoms with Crippen molar-refractivity contribution < 1.29 is 13.2 Å². The Morgan fingerprint density at radius 2 is 1.88 bits per heavy atom. The van der Waals surface area contributed by atoms with E-state index >= 15 is 0 Å². The summed E-state index contributed by atoms with van der Waals surface area (Å²) in [4.78, 5) is 13.3. The van der Waals surface area contributed by atoms with Crippen LogP contribution in [0.3, 0.4) is 0 Å². The molecule has 0 atom stereocenters. The first-order valence-corrected chi connectivity index (χ1v) is 4.38. The Morgan fingerprint density at radius 1 is 1.19 bits per heavy atom. The van der Waals surface area contributed by atoms with Gasteiger partial charge in [-0.1, -0.05) is 0 Å². The number of aromatic amines is 1. The Bertz CT molecular complexity index is 601. The fraction of sp³-hybridized carbons (Fsp3) is 0.100. The predicted molar refractivity (Wildman–Crippen MR) is 54.0 cm³/mol. The van der Waals surface area contributed by atoms with Crippen LogP contribution in [0, 0.1) is 0 Å². The Kier molecular flexibility index (Phi) is 2.15. The summed E-state index contributed by atoms with van der Waals surface area (Å²) in [6.07, 6.45) is -4.52. The van der Waals surface area contributed by atoms with Crippen LogP contribution in [0.4, 0.5) is 18.9 Å². The van der Waals surface area contributed by atoms with Crippen LogP contribution in [0.2, 0.25) is 0 Å². The Labute approximate surface area is 87.7 Å². The van der Waals surface area contributed by atoms with E-state index in [-0.39, 0.29) is 11.2 Å². The van der Waals surface area contributed by atoms with Gasteiger partial charge >= 0.3 is 6.18 Å². The summed E-state index contributed by atoms with van der Waals surface area (Å²) in [6.45, 7) is 0. The Morgan fingerprint density at radius 3 is 2.50 bits per heavy atom. The van der Waals surface area contributed by atoms with Gasteiger partial charge in [-0.2, -0.15) is 13.2 Å². The van der Waals surface area contributed by atoms with Crippen molar-refractivity contribution in [3.05, 3.63) is 40.2 Å². The largest absolute Gasteiger partial charge is 0.418 e. The van der Waals surface area contributed by atoms with Crippen LogP contribution in [0.1, 0.15) is 5.56 Å². The summed E-state index contributed by atoms with van der Waals surface area (Å²) in [7, 11) is 0. The number of anilines is 1. The number of H-pyrrole nitrogens is 1. The zero-order valence-electron chi connectivity index (χ0n) is 7.93. The summed E-state index contributed by atoms with van der Waals surface area (Å²) in [5, 5.41) is 0.463. The van der Waals surface area contributed by atoms with E-state index in [1.807, 2.05) is 0 Å². The van der Waals surface area contributed by atoms with Crippen LogP contribution in [0.25, 0.3) is 10.9 Å². The maximum atomic E-state index is 12.5. The Hall–Kier alpha value is -1.98. The normalized spacial score (nSPS) is 11.9. The van der Waals surface area contributed by atoms with Gasteiger partial charge in [-0.3, -0.25) is 4.79 Å². The Balaban J connectivity index is 2.79. The second-order valence-corrected chi connectivity index (χ2v) is 3.35. The van der Waals surface area contributed by atoms with Crippen LogP contribution in [0.5, 0.6) is 0 Å². The molecular formula is C10H7F3N2O. The summed E-state index contributed by atoms with van der Waals surface area (Å²) in [5.41, 5.74) is 3.67. The van der Waals surface area contributed by atoms with Crippen molar-refractivity contribution in [3.8, 4) is 0 Å². The molecule has 0 amide bonds.